The molecule has 0 amide bonds. The van der Waals surface area contributed by atoms with Gasteiger partial charge in [-0.2, -0.15) is 0 Å². The summed E-state index contributed by atoms with van der Waals surface area (Å²) in [6.45, 7) is 4.72. The molecule has 298 valence electrons. The van der Waals surface area contributed by atoms with Crippen molar-refractivity contribution < 1.29 is 4.42 Å². The van der Waals surface area contributed by atoms with Gasteiger partial charge in [0.25, 0.3) is 0 Å². The maximum atomic E-state index is 6.26. The first kappa shape index (κ1) is 36.9. The van der Waals surface area contributed by atoms with E-state index < -0.39 is 0 Å². The summed E-state index contributed by atoms with van der Waals surface area (Å²) in [5, 5.41) is 4.78. The molecule has 1 heterocycles. The molecule has 1 aromatic heterocycles. The SMILES string of the molecule is CC1(C)c2ccccc2-c2cccc(-c3ccc(N(c4ccc(-c5cccc(-c6ccc7ccccc7c6)c5)cc4)c4ccc(-c5cccc6oc7ccccc7c56)cc4)cc3)c21. The number of fused-ring (bicyclic) bond motifs is 7. The van der Waals surface area contributed by atoms with Crippen molar-refractivity contribution in [3.8, 4) is 55.6 Å². The minimum Gasteiger partial charge on any atom is -0.456 e. The predicted molar refractivity (Wildman–Crippen MR) is 265 cm³/mol. The third-order valence-corrected chi connectivity index (χ3v) is 13.3. The molecule has 0 atom stereocenters. The highest BCUT2D eigenvalue weighted by Crippen LogP contribution is 2.52. The Labute approximate surface area is 368 Å². The fraction of sp³-hybridized carbons (Fsp3) is 0.0492. The molecule has 1 aliphatic rings. The van der Waals surface area contributed by atoms with Gasteiger partial charge in [0, 0.05) is 33.2 Å². The molecule has 0 unspecified atom stereocenters. The van der Waals surface area contributed by atoms with Crippen molar-refractivity contribution in [1.82, 2.24) is 0 Å². The number of furan rings is 1. The fourth-order valence-electron chi connectivity index (χ4n) is 10.2. The van der Waals surface area contributed by atoms with Gasteiger partial charge in [-0.15, -0.1) is 0 Å². The van der Waals surface area contributed by atoms with Crippen LogP contribution in [0.2, 0.25) is 0 Å². The van der Waals surface area contributed by atoms with E-state index in [1.807, 2.05) is 12.1 Å². The van der Waals surface area contributed by atoms with Crippen LogP contribution >= 0.6 is 0 Å². The highest BCUT2D eigenvalue weighted by atomic mass is 16.3. The summed E-state index contributed by atoms with van der Waals surface area (Å²) in [5.74, 6) is 0. The second kappa shape index (κ2) is 14.6. The highest BCUT2D eigenvalue weighted by Gasteiger charge is 2.37. The molecule has 12 rings (SSSR count). The van der Waals surface area contributed by atoms with Gasteiger partial charge in [-0.3, -0.25) is 0 Å². The number of hydrogen-bond acceptors (Lipinski definition) is 2. The van der Waals surface area contributed by atoms with Crippen molar-refractivity contribution in [2.45, 2.75) is 19.3 Å². The minimum atomic E-state index is -0.0984. The first-order chi connectivity index (χ1) is 31.0. The normalized spacial score (nSPS) is 12.7. The number of anilines is 3. The Balaban J connectivity index is 0.929. The Morgan fingerprint density at radius 3 is 1.62 bits per heavy atom. The van der Waals surface area contributed by atoms with Crippen LogP contribution in [-0.4, -0.2) is 0 Å². The molecule has 0 aliphatic heterocycles. The molecule has 0 saturated carbocycles. The number of hydrogen-bond donors (Lipinski definition) is 0. The minimum absolute atomic E-state index is 0.0984. The summed E-state index contributed by atoms with van der Waals surface area (Å²) in [5.41, 5.74) is 20.0. The highest BCUT2D eigenvalue weighted by molar-refractivity contribution is 6.12. The van der Waals surface area contributed by atoms with Crippen molar-refractivity contribution in [3.63, 3.8) is 0 Å². The van der Waals surface area contributed by atoms with Crippen molar-refractivity contribution in [2.75, 3.05) is 4.90 Å². The molecule has 0 N–H and O–H groups in total. The van der Waals surface area contributed by atoms with E-state index in [1.54, 1.807) is 0 Å². The van der Waals surface area contributed by atoms with E-state index in [2.05, 4.69) is 231 Å². The zero-order valence-electron chi connectivity index (χ0n) is 35.2. The molecule has 0 saturated heterocycles. The maximum absolute atomic E-state index is 6.26. The average molecular weight is 806 g/mol. The lowest BCUT2D eigenvalue weighted by atomic mass is 9.79. The van der Waals surface area contributed by atoms with Gasteiger partial charge in [0.05, 0.1) is 0 Å². The van der Waals surface area contributed by atoms with E-state index in [9.17, 15) is 0 Å². The largest absolute Gasteiger partial charge is 0.456 e. The lowest BCUT2D eigenvalue weighted by molar-refractivity contribution is 0.662. The summed E-state index contributed by atoms with van der Waals surface area (Å²) >= 11 is 0. The summed E-state index contributed by atoms with van der Waals surface area (Å²) in [7, 11) is 0. The van der Waals surface area contributed by atoms with Crippen LogP contribution in [0.3, 0.4) is 0 Å². The van der Waals surface area contributed by atoms with Crippen molar-refractivity contribution in [3.05, 3.63) is 236 Å². The van der Waals surface area contributed by atoms with Crippen LogP contribution in [-0.2, 0) is 5.41 Å². The second-order valence-electron chi connectivity index (χ2n) is 17.3. The lowest BCUT2D eigenvalue weighted by Gasteiger charge is -2.27. The third-order valence-electron chi connectivity index (χ3n) is 13.3. The fourth-order valence-corrected chi connectivity index (χ4v) is 10.2. The molecule has 10 aromatic carbocycles. The molecular weight excluding hydrogens is 763 g/mol. The molecule has 0 radical (unpaired) electrons. The molecule has 1 aliphatic carbocycles. The molecular formula is C61H43NO. The molecule has 11 aromatic rings. The average Bonchev–Trinajstić information content (AvgIpc) is 3.84. The smallest absolute Gasteiger partial charge is 0.136 e. The van der Waals surface area contributed by atoms with E-state index >= 15 is 0 Å². The number of nitrogens with zero attached hydrogens (tertiary/aromatic N) is 1. The van der Waals surface area contributed by atoms with Crippen molar-refractivity contribution in [2.24, 2.45) is 0 Å². The summed E-state index contributed by atoms with van der Waals surface area (Å²) < 4.78 is 6.26. The zero-order valence-corrected chi connectivity index (χ0v) is 35.2. The van der Waals surface area contributed by atoms with E-state index in [1.165, 1.54) is 66.4 Å². The Hall–Kier alpha value is -7.94. The van der Waals surface area contributed by atoms with Crippen LogP contribution in [0.4, 0.5) is 17.1 Å². The summed E-state index contributed by atoms with van der Waals surface area (Å²) in [6.07, 6.45) is 0. The van der Waals surface area contributed by atoms with Crippen LogP contribution in [0.1, 0.15) is 25.0 Å². The van der Waals surface area contributed by atoms with Crippen LogP contribution in [0.5, 0.6) is 0 Å². The first-order valence-electron chi connectivity index (χ1n) is 21.8. The van der Waals surface area contributed by atoms with Gasteiger partial charge in [0.1, 0.15) is 11.2 Å². The van der Waals surface area contributed by atoms with Crippen LogP contribution in [0.25, 0.3) is 88.3 Å². The Morgan fingerprint density at radius 2 is 0.857 bits per heavy atom. The maximum Gasteiger partial charge on any atom is 0.136 e. The Bertz CT molecular complexity index is 3520. The van der Waals surface area contributed by atoms with Gasteiger partial charge in [-0.1, -0.05) is 178 Å². The molecule has 63 heavy (non-hydrogen) atoms. The van der Waals surface area contributed by atoms with Crippen LogP contribution < -0.4 is 4.90 Å². The quantitative estimate of drug-likeness (QED) is 0.160. The topological polar surface area (TPSA) is 16.4 Å². The predicted octanol–water partition coefficient (Wildman–Crippen LogP) is 17.2. The van der Waals surface area contributed by atoms with Crippen LogP contribution in [0.15, 0.2) is 229 Å². The molecule has 0 spiro atoms. The molecule has 2 heteroatoms. The Morgan fingerprint density at radius 1 is 0.349 bits per heavy atom. The van der Waals surface area contributed by atoms with Gasteiger partial charge in [-0.25, -0.2) is 0 Å². The van der Waals surface area contributed by atoms with Gasteiger partial charge < -0.3 is 9.32 Å². The van der Waals surface area contributed by atoms with Crippen molar-refractivity contribution >= 4 is 49.8 Å². The number of para-hydroxylation sites is 1. The lowest BCUT2D eigenvalue weighted by Crippen LogP contribution is -2.16. The van der Waals surface area contributed by atoms with Crippen molar-refractivity contribution in [1.29, 1.82) is 0 Å². The standard InChI is InChI=1S/C61H43NO/c1-61(2)56-21-7-5-16-53(56)54-20-10-19-52(60(54)61)43-30-36-50(37-31-43)62(49-34-28-42(29-35-49)51-18-11-23-58-59(51)55-17-6-8-22-57(55)63-58)48-32-26-41(27-33-48)45-14-9-15-46(38-45)47-25-24-40-12-3-4-13-44(40)39-47/h3-39H,1-2H3. The number of benzene rings is 10. The zero-order chi connectivity index (χ0) is 42.1. The first-order valence-corrected chi connectivity index (χ1v) is 21.8. The van der Waals surface area contributed by atoms with Gasteiger partial charge in [-0.05, 0) is 138 Å². The summed E-state index contributed by atoms with van der Waals surface area (Å²) in [4.78, 5) is 2.37. The van der Waals surface area contributed by atoms with Gasteiger partial charge >= 0.3 is 0 Å². The third kappa shape index (κ3) is 6.17. The molecule has 2 nitrogen and oxygen atoms in total. The van der Waals surface area contributed by atoms with E-state index in [0.29, 0.717) is 0 Å². The molecule has 0 fully saturated rings. The monoisotopic (exact) mass is 805 g/mol. The van der Waals surface area contributed by atoms with E-state index in [-0.39, 0.29) is 5.41 Å². The summed E-state index contributed by atoms with van der Waals surface area (Å²) in [6, 6.07) is 81.6. The second-order valence-corrected chi connectivity index (χ2v) is 17.3. The van der Waals surface area contributed by atoms with E-state index in [0.717, 1.165) is 50.1 Å². The van der Waals surface area contributed by atoms with E-state index in [4.69, 9.17) is 4.42 Å². The molecule has 0 bridgehead atoms. The Kier molecular flexibility index (Phi) is 8.55. The number of rotatable bonds is 7. The van der Waals surface area contributed by atoms with Gasteiger partial charge in [0.15, 0.2) is 0 Å². The van der Waals surface area contributed by atoms with Gasteiger partial charge in [0.2, 0.25) is 0 Å². The van der Waals surface area contributed by atoms with Crippen LogP contribution in [0, 0.1) is 0 Å².